The van der Waals surface area contributed by atoms with Crippen molar-refractivity contribution in [1.29, 1.82) is 0 Å². The van der Waals surface area contributed by atoms with Gasteiger partial charge in [-0.15, -0.1) is 0 Å². The van der Waals surface area contributed by atoms with Gasteiger partial charge in [0.05, 0.1) is 18.1 Å². The predicted molar refractivity (Wildman–Crippen MR) is 80.6 cm³/mol. The zero-order valence-corrected chi connectivity index (χ0v) is 13.2. The summed E-state index contributed by atoms with van der Waals surface area (Å²) in [7, 11) is 3.37. The van der Waals surface area contributed by atoms with E-state index < -0.39 is 0 Å². The molecule has 1 aliphatic heterocycles. The number of cyclic esters (lactones) is 1. The van der Waals surface area contributed by atoms with Gasteiger partial charge in [0.15, 0.2) is 0 Å². The third-order valence-corrected chi connectivity index (χ3v) is 4.21. The van der Waals surface area contributed by atoms with Crippen LogP contribution < -0.4 is 0 Å². The Kier molecular flexibility index (Phi) is 7.19. The number of hydrogen-bond acceptors (Lipinski definition) is 4. The number of methoxy groups -OCH3 is 2. The lowest BCUT2D eigenvalue weighted by molar-refractivity contribution is -0.185. The van der Waals surface area contributed by atoms with Crippen LogP contribution in [0.25, 0.3) is 0 Å². The van der Waals surface area contributed by atoms with Gasteiger partial charge in [0.25, 0.3) is 0 Å². The molecule has 1 saturated heterocycles. The van der Waals surface area contributed by atoms with E-state index in [9.17, 15) is 4.79 Å². The first-order chi connectivity index (χ1) is 8.72. The molecule has 0 aliphatic carbocycles. The van der Waals surface area contributed by atoms with E-state index in [2.05, 4.69) is 27.7 Å². The van der Waals surface area contributed by atoms with Crippen LogP contribution in [0.4, 0.5) is 0 Å². The van der Waals surface area contributed by atoms with Crippen LogP contribution in [-0.2, 0) is 19.0 Å². The van der Waals surface area contributed by atoms with Crippen molar-refractivity contribution in [2.45, 2.75) is 66.8 Å². The van der Waals surface area contributed by atoms with Crippen molar-refractivity contribution >= 4 is 5.97 Å². The Bertz CT molecular complexity index is 308. The molecular weight excluding hydrogens is 256 g/mol. The quantitative estimate of drug-likeness (QED) is 0.745. The minimum absolute atomic E-state index is 0. The minimum Gasteiger partial charge on any atom is -0.462 e. The van der Waals surface area contributed by atoms with Crippen molar-refractivity contribution in [2.24, 2.45) is 17.3 Å². The van der Waals surface area contributed by atoms with Crippen molar-refractivity contribution in [1.82, 2.24) is 0 Å². The summed E-state index contributed by atoms with van der Waals surface area (Å²) in [5.41, 5.74) is 0.0203. The largest absolute Gasteiger partial charge is 0.462 e. The summed E-state index contributed by atoms with van der Waals surface area (Å²) in [6.07, 6.45) is 0.541. The van der Waals surface area contributed by atoms with Crippen molar-refractivity contribution in [3.63, 3.8) is 0 Å². The van der Waals surface area contributed by atoms with Gasteiger partial charge in [0.1, 0.15) is 6.10 Å². The average Bonchev–Trinajstić information content (AvgIpc) is 2.31. The highest BCUT2D eigenvalue weighted by molar-refractivity contribution is 5.73. The number of ether oxygens (including phenoxy) is 3. The molecule has 0 N–H and O–H groups in total. The zero-order chi connectivity index (χ0) is 14.8. The number of carbonyl (C=O) groups excluding carboxylic acids is 1. The molecule has 3 unspecified atom stereocenters. The monoisotopic (exact) mass is 288 g/mol. The fourth-order valence-electron chi connectivity index (χ4n) is 2.86. The Labute approximate surface area is 124 Å². The SMILES string of the molecule is C.COC1[C@@H](C)C(CC(OC)C(C)(C)C)OC(=O)[C@@H]1C. The van der Waals surface area contributed by atoms with Crippen LogP contribution in [0.1, 0.15) is 48.5 Å². The zero-order valence-electron chi connectivity index (χ0n) is 13.2. The number of hydrogen-bond donors (Lipinski definition) is 0. The highest BCUT2D eigenvalue weighted by atomic mass is 16.6. The van der Waals surface area contributed by atoms with Crippen molar-refractivity contribution in [3.8, 4) is 0 Å². The molecule has 1 rings (SSSR count). The van der Waals surface area contributed by atoms with Crippen molar-refractivity contribution < 1.29 is 19.0 Å². The highest BCUT2D eigenvalue weighted by Crippen LogP contribution is 2.34. The molecule has 4 nitrogen and oxygen atoms in total. The van der Waals surface area contributed by atoms with Crippen molar-refractivity contribution in [3.05, 3.63) is 0 Å². The Morgan fingerprint density at radius 2 is 1.80 bits per heavy atom. The predicted octanol–water partition coefficient (Wildman–Crippen LogP) is 3.29. The van der Waals surface area contributed by atoms with Gasteiger partial charge in [-0.3, -0.25) is 4.79 Å². The summed E-state index contributed by atoms with van der Waals surface area (Å²) < 4.78 is 16.6. The third-order valence-electron chi connectivity index (χ3n) is 4.21. The molecule has 0 aromatic carbocycles. The lowest BCUT2D eigenvalue weighted by atomic mass is 9.79. The lowest BCUT2D eigenvalue weighted by Gasteiger charge is -2.41. The van der Waals surface area contributed by atoms with Gasteiger partial charge in [-0.1, -0.05) is 35.1 Å². The van der Waals surface area contributed by atoms with E-state index in [0.29, 0.717) is 6.42 Å². The van der Waals surface area contributed by atoms with Gasteiger partial charge in [-0.05, 0) is 12.3 Å². The molecule has 0 saturated carbocycles. The summed E-state index contributed by atoms with van der Waals surface area (Å²) >= 11 is 0. The minimum atomic E-state index is -0.202. The van der Waals surface area contributed by atoms with Gasteiger partial charge < -0.3 is 14.2 Å². The Balaban J connectivity index is 0.00000361. The van der Waals surface area contributed by atoms with E-state index in [1.165, 1.54) is 0 Å². The van der Waals surface area contributed by atoms with E-state index in [1.807, 2.05) is 6.92 Å². The second-order valence-corrected chi connectivity index (χ2v) is 6.65. The van der Waals surface area contributed by atoms with Crippen LogP contribution in [0.3, 0.4) is 0 Å². The number of rotatable bonds is 4. The van der Waals surface area contributed by atoms with Crippen LogP contribution in [0.5, 0.6) is 0 Å². The number of carbonyl (C=O) groups is 1. The van der Waals surface area contributed by atoms with Gasteiger partial charge in [0, 0.05) is 26.6 Å². The normalized spacial score (nSPS) is 32.2. The second-order valence-electron chi connectivity index (χ2n) is 6.65. The molecule has 1 aliphatic rings. The molecule has 20 heavy (non-hydrogen) atoms. The van der Waals surface area contributed by atoms with E-state index in [4.69, 9.17) is 14.2 Å². The van der Waals surface area contributed by atoms with Crippen LogP contribution in [0.2, 0.25) is 0 Å². The Hall–Kier alpha value is -0.610. The van der Waals surface area contributed by atoms with Crippen molar-refractivity contribution in [2.75, 3.05) is 14.2 Å². The van der Waals surface area contributed by atoms with E-state index in [-0.39, 0.29) is 49.0 Å². The fraction of sp³-hybridized carbons (Fsp3) is 0.938. The maximum absolute atomic E-state index is 11.9. The van der Waals surface area contributed by atoms with Crippen LogP contribution >= 0.6 is 0 Å². The lowest BCUT2D eigenvalue weighted by Crippen LogP contribution is -2.49. The van der Waals surface area contributed by atoms with E-state index in [0.717, 1.165) is 0 Å². The van der Waals surface area contributed by atoms with Crippen LogP contribution in [0.15, 0.2) is 0 Å². The molecule has 0 bridgehead atoms. The summed E-state index contributed by atoms with van der Waals surface area (Å²) in [6.45, 7) is 10.3. The van der Waals surface area contributed by atoms with Gasteiger partial charge in [-0.25, -0.2) is 0 Å². The molecule has 0 radical (unpaired) electrons. The molecule has 1 fully saturated rings. The summed E-state index contributed by atoms with van der Waals surface area (Å²) in [5.74, 6) is -0.191. The summed E-state index contributed by atoms with van der Waals surface area (Å²) in [4.78, 5) is 11.9. The smallest absolute Gasteiger partial charge is 0.311 e. The third kappa shape index (κ3) is 4.19. The fourth-order valence-corrected chi connectivity index (χ4v) is 2.86. The molecule has 1 heterocycles. The average molecular weight is 288 g/mol. The van der Waals surface area contributed by atoms with Gasteiger partial charge in [-0.2, -0.15) is 0 Å². The first-order valence-electron chi connectivity index (χ1n) is 6.98. The first kappa shape index (κ1) is 19.4. The molecule has 0 aromatic rings. The van der Waals surface area contributed by atoms with E-state index in [1.54, 1.807) is 14.2 Å². The Morgan fingerprint density at radius 1 is 1.25 bits per heavy atom. The van der Waals surface area contributed by atoms with Crippen LogP contribution in [-0.4, -0.2) is 38.5 Å². The molecule has 0 spiro atoms. The number of esters is 1. The van der Waals surface area contributed by atoms with Gasteiger partial charge in [0.2, 0.25) is 0 Å². The maximum atomic E-state index is 11.9. The first-order valence-corrected chi connectivity index (χ1v) is 6.98. The summed E-state index contributed by atoms with van der Waals surface area (Å²) in [6, 6.07) is 0. The summed E-state index contributed by atoms with van der Waals surface area (Å²) in [5, 5.41) is 0. The Morgan fingerprint density at radius 3 is 2.20 bits per heavy atom. The molecule has 0 amide bonds. The molecular formula is C16H32O4. The maximum Gasteiger partial charge on any atom is 0.311 e. The highest BCUT2D eigenvalue weighted by Gasteiger charge is 2.43. The molecule has 120 valence electrons. The second kappa shape index (κ2) is 7.41. The van der Waals surface area contributed by atoms with Crippen LogP contribution in [0, 0.1) is 17.3 Å². The van der Waals surface area contributed by atoms with E-state index >= 15 is 0 Å². The molecule has 4 heteroatoms. The van der Waals surface area contributed by atoms with Gasteiger partial charge >= 0.3 is 5.97 Å². The molecule has 5 atom stereocenters. The topological polar surface area (TPSA) is 44.8 Å². The molecule has 0 aromatic heterocycles. The standard InChI is InChI=1S/C15H28O4.CH4/c1-9-11(8-12(17-6)15(3,4)5)19-14(16)10(2)13(9)18-7;/h9-13H,8H2,1-7H3;1H4/t9-,10+,11?,12?,13?;/m0./s1.